The van der Waals surface area contributed by atoms with Gasteiger partial charge in [0.2, 0.25) is 0 Å². The smallest absolute Gasteiger partial charge is 0.0750 e. The van der Waals surface area contributed by atoms with Crippen LogP contribution in [-0.4, -0.2) is 49.0 Å². The van der Waals surface area contributed by atoms with Gasteiger partial charge in [0.25, 0.3) is 0 Å². The van der Waals surface area contributed by atoms with Crippen molar-refractivity contribution >= 4 is 0 Å². The second-order valence-electron chi connectivity index (χ2n) is 5.10. The fourth-order valence-electron chi connectivity index (χ4n) is 2.27. The van der Waals surface area contributed by atoms with Gasteiger partial charge in [-0.25, -0.2) is 0 Å². The van der Waals surface area contributed by atoms with E-state index in [9.17, 15) is 5.11 Å². The number of morpholine rings is 1. The molecule has 3 nitrogen and oxygen atoms in total. The van der Waals surface area contributed by atoms with Crippen molar-refractivity contribution in [1.29, 1.82) is 0 Å². The maximum atomic E-state index is 10.2. The van der Waals surface area contributed by atoms with Crippen molar-refractivity contribution in [2.75, 3.05) is 32.8 Å². The Bertz CT molecular complexity index is 235. The molecule has 106 valence electrons. The summed E-state index contributed by atoms with van der Waals surface area (Å²) >= 11 is 0. The summed E-state index contributed by atoms with van der Waals surface area (Å²) in [7, 11) is 0. The van der Waals surface area contributed by atoms with E-state index in [-0.39, 0.29) is 6.10 Å². The predicted octanol–water partition coefficient (Wildman–Crippen LogP) is 2.60. The number of aliphatic hydroxyl groups is 1. The van der Waals surface area contributed by atoms with E-state index in [1.165, 1.54) is 18.4 Å². The number of aliphatic hydroxyl groups excluding tert-OH is 1. The van der Waals surface area contributed by atoms with Gasteiger partial charge >= 0.3 is 0 Å². The van der Waals surface area contributed by atoms with E-state index in [1.54, 1.807) is 0 Å². The van der Waals surface area contributed by atoms with Gasteiger partial charge in [-0.15, -0.1) is 0 Å². The molecular formula is C15H29NO2. The van der Waals surface area contributed by atoms with Crippen LogP contribution < -0.4 is 0 Å². The van der Waals surface area contributed by atoms with Crippen molar-refractivity contribution in [2.24, 2.45) is 0 Å². The molecule has 1 unspecified atom stereocenters. The van der Waals surface area contributed by atoms with Crippen molar-refractivity contribution in [3.05, 3.63) is 11.6 Å². The summed E-state index contributed by atoms with van der Waals surface area (Å²) < 4.78 is 5.35. The Morgan fingerprint density at radius 2 is 2.00 bits per heavy atom. The van der Waals surface area contributed by atoms with Crippen LogP contribution in [0, 0.1) is 0 Å². The lowest BCUT2D eigenvalue weighted by molar-refractivity contribution is 0.0431. The van der Waals surface area contributed by atoms with Crippen LogP contribution in [0.4, 0.5) is 0 Å². The number of hydrogen-bond donors (Lipinski definition) is 1. The first-order chi connectivity index (χ1) is 8.77. The minimum atomic E-state index is -0.234. The van der Waals surface area contributed by atoms with Gasteiger partial charge in [0.05, 0.1) is 19.3 Å². The van der Waals surface area contributed by atoms with Gasteiger partial charge in [0.1, 0.15) is 0 Å². The maximum Gasteiger partial charge on any atom is 0.0750 e. The Labute approximate surface area is 112 Å². The molecule has 0 spiro atoms. The van der Waals surface area contributed by atoms with Gasteiger partial charge in [-0.2, -0.15) is 0 Å². The highest BCUT2D eigenvalue weighted by Gasteiger charge is 2.12. The van der Waals surface area contributed by atoms with Crippen LogP contribution in [0.15, 0.2) is 11.6 Å². The molecule has 0 aliphatic carbocycles. The molecule has 0 radical (unpaired) electrons. The summed E-state index contributed by atoms with van der Waals surface area (Å²) in [6.45, 7) is 9.01. The topological polar surface area (TPSA) is 32.7 Å². The standard InChI is InChI=1S/C15H29NO2/c1-3-5-7-14(15(17)6-4-2)8-9-16-10-12-18-13-11-16/h8,15,17H,3-7,9-13H2,1-2H3/b14-8+. The average molecular weight is 255 g/mol. The summed E-state index contributed by atoms with van der Waals surface area (Å²) in [6.07, 6.45) is 7.36. The molecule has 3 heteroatoms. The zero-order chi connectivity index (χ0) is 13.2. The van der Waals surface area contributed by atoms with Crippen LogP contribution in [0.2, 0.25) is 0 Å². The first-order valence-corrected chi connectivity index (χ1v) is 7.45. The van der Waals surface area contributed by atoms with Crippen molar-refractivity contribution in [2.45, 2.75) is 52.1 Å². The van der Waals surface area contributed by atoms with Crippen LogP contribution in [0.5, 0.6) is 0 Å². The molecule has 0 amide bonds. The lowest BCUT2D eigenvalue weighted by Gasteiger charge is -2.26. The van der Waals surface area contributed by atoms with Crippen LogP contribution in [0.3, 0.4) is 0 Å². The van der Waals surface area contributed by atoms with Gasteiger partial charge in [0.15, 0.2) is 0 Å². The van der Waals surface area contributed by atoms with Gasteiger partial charge in [-0.3, -0.25) is 4.90 Å². The quantitative estimate of drug-likeness (QED) is 0.677. The molecule has 1 aliphatic rings. The van der Waals surface area contributed by atoms with Gasteiger partial charge < -0.3 is 9.84 Å². The van der Waals surface area contributed by atoms with E-state index in [2.05, 4.69) is 24.8 Å². The lowest BCUT2D eigenvalue weighted by atomic mass is 9.99. The molecule has 1 fully saturated rings. The Kier molecular flexibility index (Phi) is 8.31. The Hall–Kier alpha value is -0.380. The summed E-state index contributed by atoms with van der Waals surface area (Å²) in [6, 6.07) is 0. The van der Waals surface area contributed by atoms with E-state index >= 15 is 0 Å². The second-order valence-corrected chi connectivity index (χ2v) is 5.10. The molecule has 0 aromatic rings. The van der Waals surface area contributed by atoms with Crippen molar-refractivity contribution < 1.29 is 9.84 Å². The van der Waals surface area contributed by atoms with E-state index in [1.807, 2.05) is 0 Å². The first kappa shape index (κ1) is 15.7. The molecule has 1 N–H and O–H groups in total. The van der Waals surface area contributed by atoms with Crippen LogP contribution >= 0.6 is 0 Å². The van der Waals surface area contributed by atoms with E-state index in [4.69, 9.17) is 4.74 Å². The normalized spacial score (nSPS) is 20.1. The largest absolute Gasteiger partial charge is 0.389 e. The minimum absolute atomic E-state index is 0.234. The van der Waals surface area contributed by atoms with Crippen molar-refractivity contribution in [1.82, 2.24) is 4.90 Å². The van der Waals surface area contributed by atoms with Gasteiger partial charge in [0, 0.05) is 19.6 Å². The maximum absolute atomic E-state index is 10.2. The summed E-state index contributed by atoms with van der Waals surface area (Å²) in [5.74, 6) is 0. The number of nitrogens with zero attached hydrogens (tertiary/aromatic N) is 1. The molecule has 1 atom stereocenters. The fraction of sp³-hybridized carbons (Fsp3) is 0.867. The number of unbranched alkanes of at least 4 members (excludes halogenated alkanes) is 1. The highest BCUT2D eigenvalue weighted by atomic mass is 16.5. The molecular weight excluding hydrogens is 226 g/mol. The molecule has 0 bridgehead atoms. The van der Waals surface area contributed by atoms with Gasteiger partial charge in [-0.05, 0) is 24.8 Å². The van der Waals surface area contributed by atoms with Crippen LogP contribution in [0.1, 0.15) is 46.0 Å². The van der Waals surface area contributed by atoms with E-state index in [0.29, 0.717) is 0 Å². The molecule has 1 rings (SSSR count). The summed E-state index contributed by atoms with van der Waals surface area (Å²) in [5.41, 5.74) is 1.24. The first-order valence-electron chi connectivity index (χ1n) is 7.45. The van der Waals surface area contributed by atoms with E-state index < -0.39 is 0 Å². The Balaban J connectivity index is 2.45. The van der Waals surface area contributed by atoms with Gasteiger partial charge in [-0.1, -0.05) is 32.8 Å². The third-order valence-corrected chi connectivity index (χ3v) is 3.52. The van der Waals surface area contributed by atoms with Crippen LogP contribution in [-0.2, 0) is 4.74 Å². The molecule has 18 heavy (non-hydrogen) atoms. The Morgan fingerprint density at radius 3 is 2.61 bits per heavy atom. The Morgan fingerprint density at radius 1 is 1.28 bits per heavy atom. The number of hydrogen-bond acceptors (Lipinski definition) is 3. The zero-order valence-electron chi connectivity index (χ0n) is 12.0. The summed E-state index contributed by atoms with van der Waals surface area (Å²) in [5, 5.41) is 10.2. The monoisotopic (exact) mass is 255 g/mol. The fourth-order valence-corrected chi connectivity index (χ4v) is 2.27. The molecule has 1 aliphatic heterocycles. The average Bonchev–Trinajstić information content (AvgIpc) is 2.40. The SMILES string of the molecule is CCCC/C(=C\CN1CCOCC1)C(O)CCC. The van der Waals surface area contributed by atoms with Crippen molar-refractivity contribution in [3.63, 3.8) is 0 Å². The molecule has 1 heterocycles. The third-order valence-electron chi connectivity index (χ3n) is 3.52. The predicted molar refractivity (Wildman–Crippen MR) is 75.8 cm³/mol. The molecule has 0 saturated carbocycles. The molecule has 0 aromatic carbocycles. The molecule has 0 aromatic heterocycles. The van der Waals surface area contributed by atoms with Crippen LogP contribution in [0.25, 0.3) is 0 Å². The lowest BCUT2D eigenvalue weighted by Crippen LogP contribution is -2.36. The number of ether oxygens (including phenoxy) is 1. The molecule has 1 saturated heterocycles. The number of rotatable bonds is 8. The summed E-state index contributed by atoms with van der Waals surface area (Å²) in [4.78, 5) is 2.40. The zero-order valence-corrected chi connectivity index (χ0v) is 12.0. The van der Waals surface area contributed by atoms with Crippen molar-refractivity contribution in [3.8, 4) is 0 Å². The highest BCUT2D eigenvalue weighted by Crippen LogP contribution is 2.16. The van der Waals surface area contributed by atoms with E-state index in [0.717, 1.165) is 52.1 Å². The second kappa shape index (κ2) is 9.54. The third kappa shape index (κ3) is 5.98. The highest BCUT2D eigenvalue weighted by molar-refractivity contribution is 5.09. The minimum Gasteiger partial charge on any atom is -0.389 e.